The number of nitrogens with two attached hydrogens (primary N) is 5. The normalized spacial score (nSPS) is 16.0. The lowest BCUT2D eigenvalue weighted by Gasteiger charge is -2.30. The molecule has 0 unspecified atom stereocenters. The van der Waals surface area contributed by atoms with Gasteiger partial charge < -0.3 is 85.6 Å². The molecule has 28 nitrogen and oxygen atoms in total. The first kappa shape index (κ1) is 58.3. The quantitative estimate of drug-likeness (QED) is 0.0180. The van der Waals surface area contributed by atoms with E-state index in [-0.39, 0.29) is 82.4 Å². The van der Waals surface area contributed by atoms with E-state index < -0.39 is 108 Å². The topological polar surface area (TPSA) is 469 Å². The Bertz CT molecular complexity index is 2500. The van der Waals surface area contributed by atoms with Crippen molar-refractivity contribution in [2.45, 2.75) is 127 Å². The summed E-state index contributed by atoms with van der Waals surface area (Å²) >= 11 is 0. The van der Waals surface area contributed by atoms with Gasteiger partial charge in [-0.2, -0.15) is 0 Å². The minimum Gasteiger partial charge on any atom is -0.481 e. The third-order valence-electron chi connectivity index (χ3n) is 12.1. The van der Waals surface area contributed by atoms with Gasteiger partial charge in [0.25, 0.3) is 0 Å². The lowest BCUT2D eigenvalue weighted by atomic mass is 10.0. The molecule has 74 heavy (non-hydrogen) atoms. The predicted octanol–water partition coefficient (Wildman–Crippen LogP) is -3.75. The lowest BCUT2D eigenvalue weighted by molar-refractivity contribution is -0.144. The maximum atomic E-state index is 14.7. The van der Waals surface area contributed by atoms with Crippen LogP contribution in [0.5, 0.6) is 0 Å². The Labute approximate surface area is 425 Å². The van der Waals surface area contributed by atoms with Crippen molar-refractivity contribution in [1.82, 2.24) is 51.8 Å². The number of guanidine groups is 2. The SMILES string of the molecule is CC(C)[C@H](N)C(=O)N[C@@H](Cc1cnc[nH]1)C(=O)N[C@@H](C)C(=O)N[C@@H](Cc1c[nH]c2ccccc12)C(=O)N1CCC[C@H]1C(=O)N[C@@H](CC(=O)O)C(=O)N[C@@H](CCCN=C(N)N)C(=O)N[C@@H](CCCN=C(N)N)C(=O)O. The van der Waals surface area contributed by atoms with Crippen LogP contribution >= 0.6 is 0 Å². The van der Waals surface area contributed by atoms with Crippen LogP contribution in [0.4, 0.5) is 0 Å². The summed E-state index contributed by atoms with van der Waals surface area (Å²) in [6.45, 7) is 4.95. The molecule has 404 valence electrons. The van der Waals surface area contributed by atoms with Crippen molar-refractivity contribution in [2.75, 3.05) is 19.6 Å². The Balaban J connectivity index is 1.56. The minimum absolute atomic E-state index is 0.0000581. The van der Waals surface area contributed by atoms with Gasteiger partial charge in [0.15, 0.2) is 11.9 Å². The number of carbonyl (C=O) groups is 9. The Morgan fingerprint density at radius 2 is 1.32 bits per heavy atom. The molecule has 8 atom stereocenters. The number of carboxylic acids is 2. The number of aromatic amines is 2. The highest BCUT2D eigenvalue weighted by molar-refractivity contribution is 5.99. The molecule has 20 N–H and O–H groups in total. The van der Waals surface area contributed by atoms with Crippen molar-refractivity contribution in [1.29, 1.82) is 0 Å². The average Bonchev–Trinajstić information content (AvgIpc) is 4.14. The second-order valence-corrected chi connectivity index (χ2v) is 18.2. The van der Waals surface area contributed by atoms with Gasteiger partial charge >= 0.3 is 11.9 Å². The number of H-pyrrole nitrogens is 2. The second-order valence-electron chi connectivity index (χ2n) is 18.2. The summed E-state index contributed by atoms with van der Waals surface area (Å²) in [7, 11) is 0. The molecule has 0 spiro atoms. The van der Waals surface area contributed by atoms with Crippen molar-refractivity contribution in [3.8, 4) is 0 Å². The molecule has 0 bridgehead atoms. The number of nitrogens with one attached hydrogen (secondary N) is 8. The monoisotopic (exact) mass is 1040 g/mol. The van der Waals surface area contributed by atoms with Gasteiger partial charge in [0.1, 0.15) is 42.3 Å². The zero-order valence-corrected chi connectivity index (χ0v) is 41.5. The predicted molar refractivity (Wildman–Crippen MR) is 269 cm³/mol. The number of hydrogen-bond donors (Lipinski definition) is 15. The molecule has 4 rings (SSSR count). The number of aliphatic imine (C=N–C) groups is 2. The molecule has 0 saturated carbocycles. The van der Waals surface area contributed by atoms with Gasteiger partial charge in [0.05, 0.1) is 18.8 Å². The lowest BCUT2D eigenvalue weighted by Crippen LogP contribution is -2.60. The van der Waals surface area contributed by atoms with E-state index in [9.17, 15) is 53.4 Å². The number of carbonyl (C=O) groups excluding carboxylic acids is 7. The summed E-state index contributed by atoms with van der Waals surface area (Å²) < 4.78 is 0. The second kappa shape index (κ2) is 28.1. The molecule has 0 radical (unpaired) electrons. The Morgan fingerprint density at radius 1 is 0.730 bits per heavy atom. The third kappa shape index (κ3) is 17.8. The van der Waals surface area contributed by atoms with E-state index in [2.05, 4.69) is 56.8 Å². The fourth-order valence-electron chi connectivity index (χ4n) is 8.03. The highest BCUT2D eigenvalue weighted by Gasteiger charge is 2.41. The van der Waals surface area contributed by atoms with Crippen LogP contribution in [0.15, 0.2) is 53.0 Å². The third-order valence-corrected chi connectivity index (χ3v) is 12.1. The average molecular weight is 1040 g/mol. The van der Waals surface area contributed by atoms with Crippen LogP contribution in [0.25, 0.3) is 10.9 Å². The van der Waals surface area contributed by atoms with Crippen LogP contribution in [-0.2, 0) is 56.0 Å². The minimum atomic E-state index is -1.81. The van der Waals surface area contributed by atoms with Crippen molar-refractivity contribution in [3.05, 3.63) is 54.2 Å². The number of carboxylic acid groups (broad SMARTS) is 2. The van der Waals surface area contributed by atoms with Crippen LogP contribution in [0.3, 0.4) is 0 Å². The van der Waals surface area contributed by atoms with Crippen molar-refractivity contribution in [3.63, 3.8) is 0 Å². The number of benzene rings is 1. The van der Waals surface area contributed by atoms with Gasteiger partial charge in [-0.1, -0.05) is 32.0 Å². The number of amides is 7. The standard InChI is InChI=1S/C46H69N17O11/c1-23(2)36(47)42(71)61-31(18-26-21-52-22-56-26)39(68)57-24(3)37(66)62-33(17-25-20-55-28-10-5-4-9-27(25)28)43(72)63-16-8-13-34(63)41(70)60-32(19-35(64)65)40(69)58-29(11-6-14-53-45(48)49)38(67)59-30(44(73)74)12-7-15-54-46(50)51/h4-5,9-10,20-24,29-34,36,55H,6-8,11-19,47H2,1-3H3,(H,52,56)(H,57,68)(H,58,69)(H,59,67)(H,60,70)(H,61,71)(H,62,66)(H,64,65)(H,73,74)(H4,48,49,53)(H4,50,51,54)/t24-,29-,30-,31-,32-,33-,34-,36-/m0/s1. The summed E-state index contributed by atoms with van der Waals surface area (Å²) in [4.78, 5) is 140. The Morgan fingerprint density at radius 3 is 1.93 bits per heavy atom. The van der Waals surface area contributed by atoms with Gasteiger partial charge in [-0.25, -0.2) is 9.78 Å². The first-order chi connectivity index (χ1) is 35.1. The molecule has 1 fully saturated rings. The largest absolute Gasteiger partial charge is 0.481 e. The summed E-state index contributed by atoms with van der Waals surface area (Å²) in [6.07, 6.45) is 3.79. The first-order valence-electron chi connectivity index (χ1n) is 24.0. The smallest absolute Gasteiger partial charge is 0.326 e. The van der Waals surface area contributed by atoms with Crippen molar-refractivity contribution >= 4 is 76.1 Å². The molecule has 7 amide bonds. The van der Waals surface area contributed by atoms with Crippen molar-refractivity contribution < 1.29 is 53.4 Å². The molecule has 0 aliphatic carbocycles. The number of hydrogen-bond acceptors (Lipinski definition) is 13. The van der Waals surface area contributed by atoms with E-state index >= 15 is 0 Å². The van der Waals surface area contributed by atoms with Crippen LogP contribution in [0.2, 0.25) is 0 Å². The summed E-state index contributed by atoms with van der Waals surface area (Å²) in [6, 6.07) is -3.54. The number of rotatable bonds is 29. The molecular formula is C46H69N17O11. The van der Waals surface area contributed by atoms with Crippen LogP contribution in [0.1, 0.15) is 77.0 Å². The maximum Gasteiger partial charge on any atom is 0.326 e. The van der Waals surface area contributed by atoms with E-state index in [0.29, 0.717) is 17.7 Å². The van der Waals surface area contributed by atoms with Crippen LogP contribution in [0, 0.1) is 5.92 Å². The molecule has 28 heteroatoms. The highest BCUT2D eigenvalue weighted by Crippen LogP contribution is 2.23. The zero-order valence-electron chi connectivity index (χ0n) is 41.5. The number of likely N-dealkylation sites (tertiary alicyclic amines) is 1. The fourth-order valence-corrected chi connectivity index (χ4v) is 8.03. The number of aromatic nitrogens is 3. The maximum absolute atomic E-state index is 14.7. The summed E-state index contributed by atoms with van der Waals surface area (Å²) in [5, 5.41) is 35.6. The summed E-state index contributed by atoms with van der Waals surface area (Å²) in [5.74, 6) is -9.45. The fraction of sp³-hybridized carbons (Fsp3) is 0.522. The van der Waals surface area contributed by atoms with Gasteiger partial charge in [-0.15, -0.1) is 0 Å². The zero-order chi connectivity index (χ0) is 54.6. The number of fused-ring (bicyclic) bond motifs is 1. The number of aliphatic carboxylic acids is 2. The van der Waals surface area contributed by atoms with E-state index in [1.807, 2.05) is 12.1 Å². The molecule has 3 heterocycles. The van der Waals surface area contributed by atoms with E-state index in [1.165, 1.54) is 24.3 Å². The van der Waals surface area contributed by atoms with Gasteiger partial charge in [-0.3, -0.25) is 48.3 Å². The van der Waals surface area contributed by atoms with E-state index in [1.54, 1.807) is 32.2 Å². The number of imidazole rings is 1. The molecule has 1 aromatic carbocycles. The summed E-state index contributed by atoms with van der Waals surface area (Å²) in [5.41, 5.74) is 29.4. The van der Waals surface area contributed by atoms with Gasteiger partial charge in [-0.05, 0) is 63.0 Å². The van der Waals surface area contributed by atoms with Gasteiger partial charge in [0.2, 0.25) is 41.4 Å². The van der Waals surface area contributed by atoms with E-state index in [4.69, 9.17) is 28.7 Å². The van der Waals surface area contributed by atoms with Crippen molar-refractivity contribution in [2.24, 2.45) is 44.6 Å². The Kier molecular flexibility index (Phi) is 22.1. The molecule has 1 aliphatic heterocycles. The first-order valence-corrected chi connectivity index (χ1v) is 24.0. The molecule has 3 aromatic rings. The van der Waals surface area contributed by atoms with E-state index in [0.717, 1.165) is 10.9 Å². The molecule has 1 saturated heterocycles. The van der Waals surface area contributed by atoms with Crippen LogP contribution in [-0.4, -0.2) is 163 Å². The van der Waals surface area contributed by atoms with Crippen LogP contribution < -0.4 is 60.6 Å². The Hall–Kier alpha value is -8.30. The number of para-hydroxylation sites is 1. The number of nitrogens with zero attached hydrogens (tertiary/aromatic N) is 4. The molecule has 1 aliphatic rings. The highest BCUT2D eigenvalue weighted by atomic mass is 16.4. The van der Waals surface area contributed by atoms with Gasteiger partial charge in [0, 0.05) is 61.5 Å². The molecular weight excluding hydrogens is 967 g/mol. The molecule has 2 aromatic heterocycles.